The number of nitrogens with one attached hydrogen (secondary N) is 2. The van der Waals surface area contributed by atoms with E-state index in [9.17, 15) is 9.59 Å². The van der Waals surface area contributed by atoms with E-state index in [1.807, 2.05) is 65.4 Å². The Hall–Kier alpha value is -4.33. The Bertz CT molecular complexity index is 1420. The fraction of sp³-hybridized carbons (Fsp3) is 0.222. The van der Waals surface area contributed by atoms with Gasteiger partial charge in [-0.1, -0.05) is 36.9 Å². The van der Waals surface area contributed by atoms with Crippen LogP contribution >= 0.6 is 0 Å². The first kappa shape index (κ1) is 22.5. The van der Waals surface area contributed by atoms with E-state index in [0.717, 1.165) is 42.6 Å². The maximum Gasteiger partial charge on any atom is 0.288 e. The maximum atomic E-state index is 12.9. The molecule has 2 heterocycles. The van der Waals surface area contributed by atoms with Gasteiger partial charge in [0.25, 0.3) is 5.56 Å². The lowest BCUT2D eigenvalue weighted by atomic mass is 9.91. The second-order valence-corrected chi connectivity index (χ2v) is 8.77. The Kier molecular flexibility index (Phi) is 6.10. The number of fused-ring (bicyclic) bond motifs is 1. The molecule has 4 N–H and O–H groups in total. The fourth-order valence-electron chi connectivity index (χ4n) is 4.83. The van der Waals surface area contributed by atoms with E-state index in [0.29, 0.717) is 16.7 Å². The summed E-state index contributed by atoms with van der Waals surface area (Å²) in [5, 5.41) is 10.2. The Morgan fingerprint density at radius 2 is 1.77 bits per heavy atom. The van der Waals surface area contributed by atoms with Gasteiger partial charge < -0.3 is 20.4 Å². The molecule has 2 aromatic heterocycles. The molecule has 0 spiro atoms. The molecule has 5 rings (SSSR count). The molecule has 1 saturated carbocycles. The van der Waals surface area contributed by atoms with Gasteiger partial charge in [-0.05, 0) is 61.6 Å². The SMILES string of the molecule is C=CC(=O)N[C@H]1CC[C@@H](n2cc(-c3ccc(Oc4ccccc4)cc3)c3c(N)n[nH]c(=O)c32)CC1. The topological polar surface area (TPSA) is 115 Å². The first-order chi connectivity index (χ1) is 17.0. The third-order valence-corrected chi connectivity index (χ3v) is 6.55. The van der Waals surface area contributed by atoms with Crippen LogP contribution in [0.25, 0.3) is 22.0 Å². The Balaban J connectivity index is 1.46. The molecular weight excluding hydrogens is 442 g/mol. The highest BCUT2D eigenvalue weighted by atomic mass is 16.5. The van der Waals surface area contributed by atoms with E-state index in [4.69, 9.17) is 10.5 Å². The number of aromatic amines is 1. The molecule has 8 nitrogen and oxygen atoms in total. The Labute approximate surface area is 202 Å². The lowest BCUT2D eigenvalue weighted by Crippen LogP contribution is -2.37. The second kappa shape index (κ2) is 9.50. The van der Waals surface area contributed by atoms with Crippen molar-refractivity contribution in [2.75, 3.05) is 5.73 Å². The summed E-state index contributed by atoms with van der Waals surface area (Å²) < 4.78 is 7.94. The molecule has 1 aliphatic carbocycles. The summed E-state index contributed by atoms with van der Waals surface area (Å²) in [7, 11) is 0. The first-order valence-corrected chi connectivity index (χ1v) is 11.7. The van der Waals surface area contributed by atoms with Crippen molar-refractivity contribution in [3.8, 4) is 22.6 Å². The van der Waals surface area contributed by atoms with Gasteiger partial charge in [-0.3, -0.25) is 9.59 Å². The molecular formula is C27H27N5O3. The molecule has 2 aromatic carbocycles. The summed E-state index contributed by atoms with van der Waals surface area (Å²) in [5.74, 6) is 1.60. The summed E-state index contributed by atoms with van der Waals surface area (Å²) >= 11 is 0. The highest BCUT2D eigenvalue weighted by Crippen LogP contribution is 2.38. The largest absolute Gasteiger partial charge is 0.457 e. The number of aromatic nitrogens is 3. The minimum Gasteiger partial charge on any atom is -0.457 e. The number of ether oxygens (including phenoxy) is 1. The van der Waals surface area contributed by atoms with E-state index in [1.165, 1.54) is 6.08 Å². The average molecular weight is 470 g/mol. The number of carbonyl (C=O) groups excluding carboxylic acids is 1. The van der Waals surface area contributed by atoms with E-state index >= 15 is 0 Å². The zero-order chi connectivity index (χ0) is 24.4. The molecule has 178 valence electrons. The van der Waals surface area contributed by atoms with Gasteiger partial charge >= 0.3 is 0 Å². The molecule has 8 heteroatoms. The standard InChI is InChI=1S/C27H27N5O3/c1-2-23(33)29-18-10-12-19(13-11-18)32-16-22(24-25(32)27(34)31-30-26(24)28)17-8-14-21(15-9-17)35-20-6-4-3-5-7-20/h2-9,14-16,18-19H,1,10-13H2,(H2,28,30)(H,29,33)(H,31,34)/t18-,19+. The first-order valence-electron chi connectivity index (χ1n) is 11.7. The number of nitrogens with two attached hydrogens (primary N) is 1. The van der Waals surface area contributed by atoms with Crippen molar-refractivity contribution in [1.82, 2.24) is 20.1 Å². The van der Waals surface area contributed by atoms with Crippen molar-refractivity contribution in [3.63, 3.8) is 0 Å². The number of nitrogen functional groups attached to an aromatic ring is 1. The van der Waals surface area contributed by atoms with E-state index in [1.54, 1.807) is 0 Å². The van der Waals surface area contributed by atoms with Crippen molar-refractivity contribution < 1.29 is 9.53 Å². The predicted molar refractivity (Wildman–Crippen MR) is 136 cm³/mol. The third-order valence-electron chi connectivity index (χ3n) is 6.55. The van der Waals surface area contributed by atoms with E-state index in [2.05, 4.69) is 22.1 Å². The summed E-state index contributed by atoms with van der Waals surface area (Å²) in [4.78, 5) is 24.5. The smallest absolute Gasteiger partial charge is 0.288 e. The lowest BCUT2D eigenvalue weighted by Gasteiger charge is -2.30. The van der Waals surface area contributed by atoms with Gasteiger partial charge in [0, 0.05) is 23.8 Å². The van der Waals surface area contributed by atoms with Gasteiger partial charge in [0.15, 0.2) is 5.82 Å². The monoisotopic (exact) mass is 469 g/mol. The van der Waals surface area contributed by atoms with Gasteiger partial charge in [-0.25, -0.2) is 5.10 Å². The highest BCUT2D eigenvalue weighted by molar-refractivity contribution is 6.02. The number of carbonyl (C=O) groups is 1. The number of para-hydroxylation sites is 1. The van der Waals surface area contributed by atoms with Crippen molar-refractivity contribution >= 4 is 22.6 Å². The number of hydrogen-bond acceptors (Lipinski definition) is 5. The second-order valence-electron chi connectivity index (χ2n) is 8.77. The van der Waals surface area contributed by atoms with Gasteiger partial charge in [0.05, 0.1) is 5.39 Å². The lowest BCUT2D eigenvalue weighted by molar-refractivity contribution is -0.117. The quantitative estimate of drug-likeness (QED) is 0.358. The summed E-state index contributed by atoms with van der Waals surface area (Å²) in [6, 6.07) is 17.5. The van der Waals surface area contributed by atoms with Gasteiger partial charge in [-0.15, -0.1) is 0 Å². The zero-order valence-corrected chi connectivity index (χ0v) is 19.2. The maximum absolute atomic E-state index is 12.9. The van der Waals surface area contributed by atoms with Crippen LogP contribution in [0.5, 0.6) is 11.5 Å². The van der Waals surface area contributed by atoms with Gasteiger partial charge in [-0.2, -0.15) is 5.10 Å². The van der Waals surface area contributed by atoms with Crippen LogP contribution in [0.15, 0.2) is 78.2 Å². The molecule has 0 unspecified atom stereocenters. The van der Waals surface area contributed by atoms with Crippen molar-refractivity contribution in [2.24, 2.45) is 0 Å². The summed E-state index contributed by atoms with van der Waals surface area (Å²) in [6.07, 6.45) is 6.60. The normalized spacial score (nSPS) is 17.7. The molecule has 1 fully saturated rings. The number of hydrogen-bond donors (Lipinski definition) is 3. The van der Waals surface area contributed by atoms with Crippen LogP contribution < -0.4 is 21.3 Å². The molecule has 0 atom stereocenters. The van der Waals surface area contributed by atoms with Crippen molar-refractivity contribution in [3.05, 3.63) is 83.8 Å². The van der Waals surface area contributed by atoms with Crippen LogP contribution in [0.4, 0.5) is 5.82 Å². The highest BCUT2D eigenvalue weighted by Gasteiger charge is 2.27. The third kappa shape index (κ3) is 4.55. The molecule has 0 saturated heterocycles. The molecule has 4 aromatic rings. The zero-order valence-electron chi connectivity index (χ0n) is 19.2. The molecule has 0 bridgehead atoms. The van der Waals surface area contributed by atoms with Crippen LogP contribution in [0.3, 0.4) is 0 Å². The fourth-order valence-corrected chi connectivity index (χ4v) is 4.83. The number of rotatable bonds is 6. The van der Waals surface area contributed by atoms with Crippen LogP contribution in [-0.4, -0.2) is 26.7 Å². The number of anilines is 1. The number of H-pyrrole nitrogens is 1. The minimum atomic E-state index is -0.272. The van der Waals surface area contributed by atoms with Crippen LogP contribution in [0, 0.1) is 0 Å². The summed E-state index contributed by atoms with van der Waals surface area (Å²) in [6.45, 7) is 3.52. The van der Waals surface area contributed by atoms with E-state index in [-0.39, 0.29) is 29.4 Å². The van der Waals surface area contributed by atoms with Crippen molar-refractivity contribution in [2.45, 2.75) is 37.8 Å². The average Bonchev–Trinajstić information content (AvgIpc) is 3.30. The Morgan fingerprint density at radius 3 is 2.46 bits per heavy atom. The predicted octanol–water partition coefficient (Wildman–Crippen LogP) is 4.55. The number of benzene rings is 2. The molecule has 0 radical (unpaired) electrons. The minimum absolute atomic E-state index is 0.111. The molecule has 0 aliphatic heterocycles. The molecule has 35 heavy (non-hydrogen) atoms. The van der Waals surface area contributed by atoms with Crippen LogP contribution in [0.1, 0.15) is 31.7 Å². The summed E-state index contributed by atoms with van der Waals surface area (Å²) in [5.41, 5.74) is 8.27. The van der Waals surface area contributed by atoms with Gasteiger partial charge in [0.2, 0.25) is 5.91 Å². The number of nitrogens with zero attached hydrogens (tertiary/aromatic N) is 2. The van der Waals surface area contributed by atoms with Crippen LogP contribution in [-0.2, 0) is 4.79 Å². The van der Waals surface area contributed by atoms with Crippen LogP contribution in [0.2, 0.25) is 0 Å². The number of amides is 1. The van der Waals surface area contributed by atoms with E-state index < -0.39 is 0 Å². The van der Waals surface area contributed by atoms with Crippen molar-refractivity contribution in [1.29, 1.82) is 0 Å². The molecule has 1 aliphatic rings. The molecule has 1 amide bonds. The Morgan fingerprint density at radius 1 is 1.09 bits per heavy atom. The van der Waals surface area contributed by atoms with Gasteiger partial charge in [0.1, 0.15) is 17.0 Å².